The van der Waals surface area contributed by atoms with Crippen LogP contribution in [-0.4, -0.2) is 12.5 Å². The standard InChI is InChI=1S/C14H21NO2/c1-4-9-17-13-8-6-5-7-12(13)15-14(16)10-11(2)3/h5-8,11H,4,9-10H2,1-3H3,(H,15,16). The van der Waals surface area contributed by atoms with E-state index in [0.29, 0.717) is 18.9 Å². The smallest absolute Gasteiger partial charge is 0.224 e. The van der Waals surface area contributed by atoms with E-state index >= 15 is 0 Å². The van der Waals surface area contributed by atoms with Gasteiger partial charge in [0.25, 0.3) is 0 Å². The fraction of sp³-hybridized carbons (Fsp3) is 0.500. The lowest BCUT2D eigenvalue weighted by Gasteiger charge is -2.12. The summed E-state index contributed by atoms with van der Waals surface area (Å²) in [6.45, 7) is 6.77. The van der Waals surface area contributed by atoms with E-state index in [1.807, 2.05) is 38.1 Å². The van der Waals surface area contributed by atoms with Gasteiger partial charge < -0.3 is 10.1 Å². The highest BCUT2D eigenvalue weighted by Crippen LogP contribution is 2.24. The van der Waals surface area contributed by atoms with E-state index in [1.54, 1.807) is 0 Å². The third-order valence-corrected chi connectivity index (χ3v) is 2.22. The summed E-state index contributed by atoms with van der Waals surface area (Å²) in [6.07, 6.45) is 1.48. The number of para-hydroxylation sites is 2. The van der Waals surface area contributed by atoms with Gasteiger partial charge in [0, 0.05) is 6.42 Å². The van der Waals surface area contributed by atoms with Crippen molar-refractivity contribution >= 4 is 11.6 Å². The predicted octanol–water partition coefficient (Wildman–Crippen LogP) is 3.46. The van der Waals surface area contributed by atoms with E-state index in [9.17, 15) is 4.79 Å². The van der Waals surface area contributed by atoms with Gasteiger partial charge in [0.2, 0.25) is 5.91 Å². The third kappa shape index (κ3) is 4.89. The maximum Gasteiger partial charge on any atom is 0.224 e. The molecule has 1 N–H and O–H groups in total. The van der Waals surface area contributed by atoms with Crippen molar-refractivity contribution in [3.05, 3.63) is 24.3 Å². The monoisotopic (exact) mass is 235 g/mol. The zero-order chi connectivity index (χ0) is 12.7. The highest BCUT2D eigenvalue weighted by atomic mass is 16.5. The van der Waals surface area contributed by atoms with E-state index in [2.05, 4.69) is 12.2 Å². The van der Waals surface area contributed by atoms with Gasteiger partial charge in [0.1, 0.15) is 5.75 Å². The van der Waals surface area contributed by atoms with Gasteiger partial charge >= 0.3 is 0 Å². The third-order valence-electron chi connectivity index (χ3n) is 2.22. The maximum atomic E-state index is 11.7. The fourth-order valence-corrected chi connectivity index (χ4v) is 1.48. The molecule has 3 nitrogen and oxygen atoms in total. The van der Waals surface area contributed by atoms with Crippen LogP contribution in [0.4, 0.5) is 5.69 Å². The van der Waals surface area contributed by atoms with Crippen LogP contribution < -0.4 is 10.1 Å². The van der Waals surface area contributed by atoms with Gasteiger partial charge in [0.15, 0.2) is 0 Å². The molecule has 0 spiro atoms. The number of carbonyl (C=O) groups excluding carboxylic acids is 1. The minimum absolute atomic E-state index is 0.0348. The summed E-state index contributed by atoms with van der Waals surface area (Å²) in [5.41, 5.74) is 0.756. The predicted molar refractivity (Wildman–Crippen MR) is 70.3 cm³/mol. The number of hydrogen-bond donors (Lipinski definition) is 1. The molecule has 3 heteroatoms. The van der Waals surface area contributed by atoms with Crippen LogP contribution in [0.3, 0.4) is 0 Å². The van der Waals surface area contributed by atoms with Crippen LogP contribution in [0.5, 0.6) is 5.75 Å². The molecule has 0 saturated carbocycles. The summed E-state index contributed by atoms with van der Waals surface area (Å²) in [4.78, 5) is 11.7. The Morgan fingerprint density at radius 1 is 1.35 bits per heavy atom. The summed E-state index contributed by atoms with van der Waals surface area (Å²) < 4.78 is 5.58. The van der Waals surface area contributed by atoms with Crippen LogP contribution in [0.25, 0.3) is 0 Å². The van der Waals surface area contributed by atoms with Crippen molar-refractivity contribution in [3.8, 4) is 5.75 Å². The van der Waals surface area contributed by atoms with Crippen LogP contribution in [0, 0.1) is 5.92 Å². The molecule has 0 unspecified atom stereocenters. The highest BCUT2D eigenvalue weighted by molar-refractivity contribution is 5.92. The van der Waals surface area contributed by atoms with E-state index in [-0.39, 0.29) is 5.91 Å². The topological polar surface area (TPSA) is 38.3 Å². The first-order chi connectivity index (χ1) is 8.13. The summed E-state index contributed by atoms with van der Waals surface area (Å²) in [5, 5.41) is 2.89. The largest absolute Gasteiger partial charge is 0.491 e. The summed E-state index contributed by atoms with van der Waals surface area (Å²) in [5.74, 6) is 1.14. The Labute approximate surface area is 103 Å². The number of amides is 1. The molecule has 0 radical (unpaired) electrons. The van der Waals surface area contributed by atoms with E-state index in [0.717, 1.165) is 17.9 Å². The molecule has 1 rings (SSSR count). The quantitative estimate of drug-likeness (QED) is 0.820. The van der Waals surface area contributed by atoms with Crippen LogP contribution in [0.2, 0.25) is 0 Å². The number of carbonyl (C=O) groups is 1. The molecule has 1 aromatic rings. The number of benzene rings is 1. The lowest BCUT2D eigenvalue weighted by Crippen LogP contribution is -2.14. The average Bonchev–Trinajstić information content (AvgIpc) is 2.26. The summed E-state index contributed by atoms with van der Waals surface area (Å²) >= 11 is 0. The second-order valence-electron chi connectivity index (χ2n) is 4.49. The van der Waals surface area contributed by atoms with Crippen molar-refractivity contribution in [2.24, 2.45) is 5.92 Å². The van der Waals surface area contributed by atoms with Crippen molar-refractivity contribution in [2.75, 3.05) is 11.9 Å². The highest BCUT2D eigenvalue weighted by Gasteiger charge is 2.08. The first kappa shape index (κ1) is 13.6. The zero-order valence-electron chi connectivity index (χ0n) is 10.8. The summed E-state index contributed by atoms with van der Waals surface area (Å²) in [6, 6.07) is 7.54. The maximum absolute atomic E-state index is 11.7. The summed E-state index contributed by atoms with van der Waals surface area (Å²) in [7, 11) is 0. The molecular weight excluding hydrogens is 214 g/mol. The number of hydrogen-bond acceptors (Lipinski definition) is 2. The van der Waals surface area contributed by atoms with Gasteiger partial charge in [-0.1, -0.05) is 32.9 Å². The number of anilines is 1. The van der Waals surface area contributed by atoms with Crippen molar-refractivity contribution in [1.82, 2.24) is 0 Å². The second kappa shape index (κ2) is 6.94. The lowest BCUT2D eigenvalue weighted by molar-refractivity contribution is -0.116. The Hall–Kier alpha value is -1.51. The first-order valence-corrected chi connectivity index (χ1v) is 6.15. The van der Waals surface area contributed by atoms with E-state index in [4.69, 9.17) is 4.74 Å². The minimum Gasteiger partial charge on any atom is -0.491 e. The van der Waals surface area contributed by atoms with Gasteiger partial charge in [-0.25, -0.2) is 0 Å². The molecule has 0 aliphatic heterocycles. The number of ether oxygens (including phenoxy) is 1. The number of nitrogens with one attached hydrogen (secondary N) is 1. The van der Waals surface area contributed by atoms with Crippen LogP contribution in [0.1, 0.15) is 33.6 Å². The first-order valence-electron chi connectivity index (χ1n) is 6.15. The molecule has 0 atom stereocenters. The Morgan fingerprint density at radius 3 is 2.71 bits per heavy atom. The molecule has 0 saturated heterocycles. The van der Waals surface area contributed by atoms with E-state index in [1.165, 1.54) is 0 Å². The van der Waals surface area contributed by atoms with Gasteiger partial charge in [-0.05, 0) is 24.5 Å². The van der Waals surface area contributed by atoms with Crippen LogP contribution in [0.15, 0.2) is 24.3 Å². The molecule has 0 aromatic heterocycles. The van der Waals surface area contributed by atoms with Crippen molar-refractivity contribution in [3.63, 3.8) is 0 Å². The van der Waals surface area contributed by atoms with Gasteiger partial charge in [0.05, 0.1) is 12.3 Å². The lowest BCUT2D eigenvalue weighted by atomic mass is 10.1. The van der Waals surface area contributed by atoms with Gasteiger partial charge in [-0.3, -0.25) is 4.79 Å². The molecule has 0 aliphatic carbocycles. The van der Waals surface area contributed by atoms with Crippen molar-refractivity contribution in [2.45, 2.75) is 33.6 Å². The molecule has 94 valence electrons. The molecule has 0 bridgehead atoms. The van der Waals surface area contributed by atoms with E-state index < -0.39 is 0 Å². The van der Waals surface area contributed by atoms with Crippen molar-refractivity contribution in [1.29, 1.82) is 0 Å². The zero-order valence-corrected chi connectivity index (χ0v) is 10.8. The number of rotatable bonds is 6. The Balaban J connectivity index is 2.65. The van der Waals surface area contributed by atoms with Gasteiger partial charge in [-0.15, -0.1) is 0 Å². The average molecular weight is 235 g/mol. The Kier molecular flexibility index (Phi) is 5.53. The SMILES string of the molecule is CCCOc1ccccc1NC(=O)CC(C)C. The fourth-order valence-electron chi connectivity index (χ4n) is 1.48. The molecular formula is C14H21NO2. The second-order valence-corrected chi connectivity index (χ2v) is 4.49. The Morgan fingerprint density at radius 2 is 2.06 bits per heavy atom. The minimum atomic E-state index is 0.0348. The molecule has 1 amide bonds. The molecule has 0 aliphatic rings. The van der Waals surface area contributed by atoms with Crippen LogP contribution in [-0.2, 0) is 4.79 Å². The molecule has 0 heterocycles. The normalized spacial score (nSPS) is 10.4. The molecule has 0 fully saturated rings. The molecule has 17 heavy (non-hydrogen) atoms. The van der Waals surface area contributed by atoms with Crippen molar-refractivity contribution < 1.29 is 9.53 Å². The van der Waals surface area contributed by atoms with Crippen LogP contribution >= 0.6 is 0 Å². The van der Waals surface area contributed by atoms with Gasteiger partial charge in [-0.2, -0.15) is 0 Å². The Bertz CT molecular complexity index is 361. The molecule has 1 aromatic carbocycles.